The lowest BCUT2D eigenvalue weighted by Crippen LogP contribution is -2.14. The van der Waals surface area contributed by atoms with Gasteiger partial charge in [0.1, 0.15) is 5.75 Å². The van der Waals surface area contributed by atoms with E-state index in [4.69, 9.17) is 23.2 Å². The predicted octanol–water partition coefficient (Wildman–Crippen LogP) is 4.44. The Bertz CT molecular complexity index is 702. The second kappa shape index (κ2) is 5.58. The van der Waals surface area contributed by atoms with E-state index in [-0.39, 0.29) is 23.5 Å². The number of rotatable bonds is 3. The number of aromatic hydroxyl groups is 1. The molecule has 0 radical (unpaired) electrons. The summed E-state index contributed by atoms with van der Waals surface area (Å²) in [4.78, 5) is 12.2. The maximum Gasteiger partial charge on any atom is 0.228 e. The van der Waals surface area contributed by atoms with Crippen molar-refractivity contribution in [3.05, 3.63) is 58.1 Å². The number of halogens is 2. The van der Waals surface area contributed by atoms with Crippen LogP contribution >= 0.6 is 23.2 Å². The summed E-state index contributed by atoms with van der Waals surface area (Å²) in [5, 5.41) is 13.6. The lowest BCUT2D eigenvalue weighted by atomic mass is 10.1. The third kappa shape index (κ3) is 2.99. The molecule has 2 aromatic carbocycles. The molecule has 1 aliphatic carbocycles. The van der Waals surface area contributed by atoms with Crippen molar-refractivity contribution in [2.45, 2.75) is 12.3 Å². The van der Waals surface area contributed by atoms with Gasteiger partial charge in [-0.1, -0.05) is 41.4 Å². The molecule has 3 nitrogen and oxygen atoms in total. The van der Waals surface area contributed by atoms with Gasteiger partial charge < -0.3 is 10.4 Å². The van der Waals surface area contributed by atoms with Crippen LogP contribution in [0.25, 0.3) is 0 Å². The Kier molecular flexibility index (Phi) is 3.79. The molecule has 2 N–H and O–H groups in total. The number of hydrogen-bond acceptors (Lipinski definition) is 2. The fraction of sp³-hybridized carbons (Fsp3) is 0.188. The topological polar surface area (TPSA) is 49.3 Å². The lowest BCUT2D eigenvalue weighted by molar-refractivity contribution is -0.117. The Labute approximate surface area is 132 Å². The first kappa shape index (κ1) is 14.2. The number of amides is 1. The van der Waals surface area contributed by atoms with E-state index in [2.05, 4.69) is 5.32 Å². The second-order valence-electron chi connectivity index (χ2n) is 5.12. The molecule has 2 atom stereocenters. The average Bonchev–Trinajstić information content (AvgIpc) is 3.24. The van der Waals surface area contributed by atoms with Gasteiger partial charge in [-0.25, -0.2) is 0 Å². The first-order valence-electron chi connectivity index (χ1n) is 6.60. The molecular formula is C16H13Cl2NO2. The Balaban J connectivity index is 1.71. The fourth-order valence-electron chi connectivity index (χ4n) is 2.44. The van der Waals surface area contributed by atoms with Gasteiger partial charge in [-0.2, -0.15) is 0 Å². The number of anilines is 1. The third-order valence-corrected chi connectivity index (χ3v) is 4.23. The summed E-state index contributed by atoms with van der Waals surface area (Å²) in [6.45, 7) is 0. The van der Waals surface area contributed by atoms with Gasteiger partial charge in [0.05, 0.1) is 5.69 Å². The van der Waals surface area contributed by atoms with Gasteiger partial charge in [0, 0.05) is 16.0 Å². The molecule has 0 bridgehead atoms. The van der Waals surface area contributed by atoms with Crippen LogP contribution < -0.4 is 5.32 Å². The van der Waals surface area contributed by atoms with E-state index < -0.39 is 0 Å². The number of nitrogens with one attached hydrogen (secondary N) is 1. The van der Waals surface area contributed by atoms with Crippen molar-refractivity contribution in [2.75, 3.05) is 5.32 Å². The van der Waals surface area contributed by atoms with E-state index in [0.717, 1.165) is 12.0 Å². The zero-order valence-corrected chi connectivity index (χ0v) is 12.5. The van der Waals surface area contributed by atoms with Gasteiger partial charge in [-0.3, -0.25) is 4.79 Å². The SMILES string of the molecule is O=C(Nc1cc(Cl)ccc1O)C1CC1c1ccccc1Cl. The fourth-order valence-corrected chi connectivity index (χ4v) is 2.89. The Morgan fingerprint density at radius 2 is 1.95 bits per heavy atom. The predicted molar refractivity (Wildman–Crippen MR) is 84.0 cm³/mol. The molecule has 0 heterocycles. The van der Waals surface area contributed by atoms with Crippen molar-refractivity contribution in [3.8, 4) is 5.75 Å². The van der Waals surface area contributed by atoms with Crippen LogP contribution in [0.4, 0.5) is 5.69 Å². The minimum atomic E-state index is -0.127. The molecule has 0 aromatic heterocycles. The molecule has 1 saturated carbocycles. The van der Waals surface area contributed by atoms with Crippen LogP contribution in [0.5, 0.6) is 5.75 Å². The Hall–Kier alpha value is -1.71. The summed E-state index contributed by atoms with van der Waals surface area (Å²) in [5.74, 6) is -0.108. The first-order chi connectivity index (χ1) is 10.1. The first-order valence-corrected chi connectivity index (χ1v) is 7.35. The number of carbonyl (C=O) groups excluding carboxylic acids is 1. The van der Waals surface area contributed by atoms with Crippen LogP contribution in [0, 0.1) is 5.92 Å². The summed E-state index contributed by atoms with van der Waals surface area (Å²) in [5.41, 5.74) is 1.33. The van der Waals surface area contributed by atoms with E-state index in [1.807, 2.05) is 24.3 Å². The molecule has 0 saturated heterocycles. The van der Waals surface area contributed by atoms with Crippen LogP contribution in [0.15, 0.2) is 42.5 Å². The molecule has 1 amide bonds. The normalized spacial score (nSPS) is 20.1. The van der Waals surface area contributed by atoms with Gasteiger partial charge in [-0.15, -0.1) is 0 Å². The molecule has 0 spiro atoms. The van der Waals surface area contributed by atoms with E-state index in [9.17, 15) is 9.90 Å². The second-order valence-corrected chi connectivity index (χ2v) is 5.96. The van der Waals surface area contributed by atoms with E-state index in [0.29, 0.717) is 15.7 Å². The van der Waals surface area contributed by atoms with Gasteiger partial charge in [0.2, 0.25) is 5.91 Å². The molecule has 0 aliphatic heterocycles. The lowest BCUT2D eigenvalue weighted by Gasteiger charge is -2.08. The van der Waals surface area contributed by atoms with Crippen molar-refractivity contribution in [1.82, 2.24) is 0 Å². The quantitative estimate of drug-likeness (QED) is 0.821. The number of carbonyl (C=O) groups is 1. The Morgan fingerprint density at radius 3 is 2.71 bits per heavy atom. The molecule has 2 unspecified atom stereocenters. The standard InChI is InChI=1S/C16H13Cl2NO2/c17-9-5-6-15(20)14(7-9)19-16(21)12-8-11(12)10-3-1-2-4-13(10)18/h1-7,11-12,20H,8H2,(H,19,21). The third-order valence-electron chi connectivity index (χ3n) is 3.65. The molecular weight excluding hydrogens is 309 g/mol. The zero-order chi connectivity index (χ0) is 15.0. The number of hydrogen-bond donors (Lipinski definition) is 2. The summed E-state index contributed by atoms with van der Waals surface area (Å²) >= 11 is 12.0. The van der Waals surface area contributed by atoms with E-state index >= 15 is 0 Å². The number of phenols is 1. The molecule has 1 fully saturated rings. The van der Waals surface area contributed by atoms with Crippen molar-refractivity contribution >= 4 is 34.8 Å². The summed E-state index contributed by atoms with van der Waals surface area (Å²) in [7, 11) is 0. The van der Waals surface area contributed by atoms with Crippen molar-refractivity contribution in [2.24, 2.45) is 5.92 Å². The van der Waals surface area contributed by atoms with Gasteiger partial charge >= 0.3 is 0 Å². The van der Waals surface area contributed by atoms with Gasteiger partial charge in [0.25, 0.3) is 0 Å². The zero-order valence-electron chi connectivity index (χ0n) is 11.0. The summed E-state index contributed by atoms with van der Waals surface area (Å²) in [6.07, 6.45) is 0.761. The monoisotopic (exact) mass is 321 g/mol. The van der Waals surface area contributed by atoms with Gasteiger partial charge in [-0.05, 0) is 42.2 Å². The highest BCUT2D eigenvalue weighted by atomic mass is 35.5. The highest BCUT2D eigenvalue weighted by Crippen LogP contribution is 2.50. The number of phenolic OH excluding ortho intramolecular Hbond substituents is 1. The highest BCUT2D eigenvalue weighted by molar-refractivity contribution is 6.31. The Morgan fingerprint density at radius 1 is 1.19 bits per heavy atom. The van der Waals surface area contributed by atoms with Gasteiger partial charge in [0.15, 0.2) is 0 Å². The molecule has 21 heavy (non-hydrogen) atoms. The number of benzene rings is 2. The smallest absolute Gasteiger partial charge is 0.228 e. The summed E-state index contributed by atoms with van der Waals surface area (Å²) in [6, 6.07) is 12.1. The largest absolute Gasteiger partial charge is 0.506 e. The van der Waals surface area contributed by atoms with Crippen LogP contribution in [0.1, 0.15) is 17.9 Å². The van der Waals surface area contributed by atoms with Crippen LogP contribution in [-0.4, -0.2) is 11.0 Å². The maximum absolute atomic E-state index is 12.2. The molecule has 2 aromatic rings. The molecule has 3 rings (SSSR count). The van der Waals surface area contributed by atoms with E-state index in [1.54, 1.807) is 6.07 Å². The minimum Gasteiger partial charge on any atom is -0.506 e. The molecule has 5 heteroatoms. The van der Waals surface area contributed by atoms with E-state index in [1.165, 1.54) is 12.1 Å². The van der Waals surface area contributed by atoms with Crippen molar-refractivity contribution < 1.29 is 9.90 Å². The maximum atomic E-state index is 12.2. The summed E-state index contributed by atoms with van der Waals surface area (Å²) < 4.78 is 0. The highest BCUT2D eigenvalue weighted by Gasteiger charge is 2.44. The van der Waals surface area contributed by atoms with Crippen LogP contribution in [0.3, 0.4) is 0 Å². The van der Waals surface area contributed by atoms with Crippen LogP contribution in [0.2, 0.25) is 10.0 Å². The van der Waals surface area contributed by atoms with Crippen molar-refractivity contribution in [3.63, 3.8) is 0 Å². The molecule has 108 valence electrons. The minimum absolute atomic E-state index is 0.00249. The van der Waals surface area contributed by atoms with Crippen LogP contribution in [-0.2, 0) is 4.79 Å². The average molecular weight is 322 g/mol. The molecule has 1 aliphatic rings. The van der Waals surface area contributed by atoms with Crippen molar-refractivity contribution in [1.29, 1.82) is 0 Å².